The number of halogens is 2. The average Bonchev–Trinajstić information content (AvgIpc) is 2.78. The molecular weight excluding hydrogens is 415 g/mol. The van der Waals surface area contributed by atoms with Gasteiger partial charge in [0.25, 0.3) is 0 Å². The molecule has 0 aliphatic heterocycles. The van der Waals surface area contributed by atoms with Crippen molar-refractivity contribution < 1.29 is 21.7 Å². The summed E-state index contributed by atoms with van der Waals surface area (Å²) < 4.78 is 0. The molecule has 0 radical (unpaired) electrons. The number of rotatable bonds is 4. The Morgan fingerprint density at radius 1 is 0.808 bits per heavy atom. The molecule has 3 rings (SSSR count). The predicted octanol–water partition coefficient (Wildman–Crippen LogP) is 7.58. The van der Waals surface area contributed by atoms with Crippen LogP contribution in [0.2, 0.25) is 0 Å². The number of allylic oxidation sites excluding steroid dienone is 4. The first kappa shape index (κ1) is 25.6. The molecule has 0 amide bonds. The third-order valence-corrected chi connectivity index (χ3v) is 6.15. The van der Waals surface area contributed by atoms with Crippen LogP contribution in [0, 0.1) is 5.92 Å². The fraction of sp³-hybridized carbons (Fsp3) is 0.273. The van der Waals surface area contributed by atoms with Crippen LogP contribution in [0.3, 0.4) is 0 Å². The molecule has 1 aliphatic rings. The van der Waals surface area contributed by atoms with Crippen molar-refractivity contribution in [3.63, 3.8) is 0 Å². The zero-order valence-electron chi connectivity index (χ0n) is 15.7. The number of benzene rings is 2. The van der Waals surface area contributed by atoms with E-state index in [9.17, 15) is 0 Å². The second kappa shape index (κ2) is 11.4. The topological polar surface area (TPSA) is 0 Å². The van der Waals surface area contributed by atoms with Crippen LogP contribution in [0.15, 0.2) is 76.2 Å². The molecule has 1 aliphatic carbocycles. The van der Waals surface area contributed by atoms with Gasteiger partial charge in [-0.25, -0.2) is 0 Å². The van der Waals surface area contributed by atoms with Crippen molar-refractivity contribution >= 4 is 42.1 Å². The van der Waals surface area contributed by atoms with Gasteiger partial charge >= 0.3 is 0 Å². The van der Waals surface area contributed by atoms with E-state index in [-0.39, 0.29) is 46.5 Å². The summed E-state index contributed by atoms with van der Waals surface area (Å²) >= 11 is 1.91. The maximum atomic E-state index is 2.34. The molecule has 26 heavy (non-hydrogen) atoms. The monoisotopic (exact) mass is 440 g/mol. The average molecular weight is 441 g/mol. The fourth-order valence-corrected chi connectivity index (χ4v) is 4.31. The van der Waals surface area contributed by atoms with Gasteiger partial charge in [0.2, 0.25) is 0 Å². The van der Waals surface area contributed by atoms with E-state index in [0.717, 1.165) is 5.75 Å². The number of thioether (sulfide) groups is 1. The van der Waals surface area contributed by atoms with Crippen molar-refractivity contribution in [2.75, 3.05) is 0 Å². The molecule has 0 nitrogen and oxygen atoms in total. The van der Waals surface area contributed by atoms with Crippen molar-refractivity contribution in [2.45, 2.75) is 38.3 Å². The van der Waals surface area contributed by atoms with Gasteiger partial charge in [-0.1, -0.05) is 55.0 Å². The Balaban J connectivity index is 0.00000208. The van der Waals surface area contributed by atoms with Gasteiger partial charge in [0.05, 0.1) is 0 Å². The summed E-state index contributed by atoms with van der Waals surface area (Å²) in [7, 11) is 0. The van der Waals surface area contributed by atoms with Crippen molar-refractivity contribution in [1.82, 2.24) is 0 Å². The van der Waals surface area contributed by atoms with E-state index in [2.05, 4.69) is 82.3 Å². The molecular formula is C22H26Cl2STi. The van der Waals surface area contributed by atoms with Crippen molar-refractivity contribution in [1.29, 1.82) is 0 Å². The Bertz CT molecular complexity index is 782. The largest absolute Gasteiger partial charge is 0.147 e. The van der Waals surface area contributed by atoms with E-state index in [4.69, 9.17) is 0 Å². The Labute approximate surface area is 189 Å². The maximum absolute atomic E-state index is 2.34. The Morgan fingerprint density at radius 3 is 1.96 bits per heavy atom. The molecule has 0 saturated heterocycles. The van der Waals surface area contributed by atoms with Crippen LogP contribution in [-0.4, -0.2) is 0 Å². The van der Waals surface area contributed by atoms with Crippen molar-refractivity contribution in [3.8, 4) is 0 Å². The molecule has 1 atom stereocenters. The van der Waals surface area contributed by atoms with Crippen LogP contribution in [-0.2, 0) is 27.5 Å². The molecule has 138 valence electrons. The minimum Gasteiger partial charge on any atom is -0.147 e. The second-order valence-electron chi connectivity index (χ2n) is 6.33. The van der Waals surface area contributed by atoms with E-state index in [1.165, 1.54) is 38.3 Å². The Kier molecular flexibility index (Phi) is 11.2. The van der Waals surface area contributed by atoms with E-state index in [1.54, 1.807) is 0 Å². The van der Waals surface area contributed by atoms with Gasteiger partial charge < -0.3 is 0 Å². The van der Waals surface area contributed by atoms with Gasteiger partial charge in [-0.05, 0) is 60.8 Å². The van der Waals surface area contributed by atoms with Crippen molar-refractivity contribution in [3.05, 3.63) is 82.4 Å². The first-order valence-electron chi connectivity index (χ1n) is 8.24. The van der Waals surface area contributed by atoms with Gasteiger partial charge in [0, 0.05) is 38.3 Å². The summed E-state index contributed by atoms with van der Waals surface area (Å²) in [6.45, 7) is 9.15. The first-order chi connectivity index (χ1) is 11.1. The minimum atomic E-state index is 0. The van der Waals surface area contributed by atoms with Crippen LogP contribution >= 0.6 is 36.6 Å². The van der Waals surface area contributed by atoms with Gasteiger partial charge in [-0.3, -0.25) is 0 Å². The quantitative estimate of drug-likeness (QED) is 0.348. The Hall–Kier alpha value is -0.436. The smallest absolute Gasteiger partial charge is 0.0238 e. The Morgan fingerprint density at radius 2 is 1.38 bits per heavy atom. The van der Waals surface area contributed by atoms with Crippen LogP contribution < -0.4 is 0 Å². The first-order valence-corrected chi connectivity index (χ1v) is 9.22. The van der Waals surface area contributed by atoms with E-state index in [0.29, 0.717) is 5.92 Å². The summed E-state index contributed by atoms with van der Waals surface area (Å²) in [5.74, 6) is 1.54. The van der Waals surface area contributed by atoms with E-state index < -0.39 is 0 Å². The predicted molar refractivity (Wildman–Crippen MR) is 117 cm³/mol. The maximum Gasteiger partial charge on any atom is 0.0238 e. The zero-order valence-corrected chi connectivity index (χ0v) is 19.7. The third kappa shape index (κ3) is 5.30. The molecule has 0 aromatic heterocycles. The number of hydrogen-bond donors (Lipinski definition) is 0. The van der Waals surface area contributed by atoms with Crippen LogP contribution in [0.4, 0.5) is 0 Å². The summed E-state index contributed by atoms with van der Waals surface area (Å²) in [6, 6.07) is 19.6. The molecule has 0 saturated carbocycles. The van der Waals surface area contributed by atoms with Gasteiger partial charge in [0.1, 0.15) is 0 Å². The van der Waals surface area contributed by atoms with Crippen LogP contribution in [0.25, 0.3) is 5.57 Å². The summed E-state index contributed by atoms with van der Waals surface area (Å²) in [5, 5.41) is 0. The van der Waals surface area contributed by atoms with Gasteiger partial charge in [-0.2, -0.15) is 0 Å². The van der Waals surface area contributed by atoms with E-state index in [1.807, 2.05) is 11.8 Å². The molecule has 4 heteroatoms. The normalized spacial score (nSPS) is 15.9. The minimum absolute atomic E-state index is 0. The zero-order chi connectivity index (χ0) is 16.4. The van der Waals surface area contributed by atoms with Crippen LogP contribution in [0.5, 0.6) is 0 Å². The summed E-state index contributed by atoms with van der Waals surface area (Å²) in [6.07, 6.45) is 0. The third-order valence-electron chi connectivity index (χ3n) is 5.09. The summed E-state index contributed by atoms with van der Waals surface area (Å²) in [4.78, 5) is 1.33. The fourth-order valence-electron chi connectivity index (χ4n) is 3.39. The van der Waals surface area contributed by atoms with E-state index >= 15 is 0 Å². The molecule has 0 heterocycles. The van der Waals surface area contributed by atoms with Crippen LogP contribution in [0.1, 0.15) is 38.8 Å². The molecule has 0 spiro atoms. The molecule has 2 aromatic rings. The number of hydrogen-bond acceptors (Lipinski definition) is 1. The summed E-state index contributed by atoms with van der Waals surface area (Å²) in [5.41, 5.74) is 8.83. The van der Waals surface area contributed by atoms with Gasteiger partial charge in [-0.15, -0.1) is 36.6 Å². The van der Waals surface area contributed by atoms with Gasteiger partial charge in [0.15, 0.2) is 0 Å². The molecule has 0 fully saturated rings. The van der Waals surface area contributed by atoms with Crippen molar-refractivity contribution in [2.24, 2.45) is 5.92 Å². The standard InChI is InChI=1S/C22H24S.2ClH.Ti/c1-15-16(2)18(4)22(17(15)3)21-13-9-8-10-19(21)14-23-20-11-6-5-7-12-20;;;/h5-13,17H,14H2,1-4H3;2*1H;. The SMILES string of the molecule is CC1=C(C)C(C)C(c2ccccc2CSc2ccccc2)=C1C.Cl.Cl.[Ti]. The molecule has 2 aromatic carbocycles. The molecule has 0 bridgehead atoms. The molecule has 1 unspecified atom stereocenters. The second-order valence-corrected chi connectivity index (χ2v) is 7.38. The molecule has 0 N–H and O–H groups in total.